The van der Waals surface area contributed by atoms with Crippen molar-refractivity contribution in [3.63, 3.8) is 0 Å². The molecule has 0 amide bonds. The van der Waals surface area contributed by atoms with Crippen LogP contribution in [0, 0.1) is 4.78 Å². The van der Waals surface area contributed by atoms with Crippen molar-refractivity contribution in [1.29, 1.82) is 4.78 Å². The van der Waals surface area contributed by atoms with Crippen LogP contribution in [0.2, 0.25) is 0 Å². The first-order valence-electron chi connectivity index (χ1n) is 12.1. The van der Waals surface area contributed by atoms with Gasteiger partial charge in [-0.1, -0.05) is 12.1 Å². The highest BCUT2D eigenvalue weighted by molar-refractivity contribution is 7.92. The van der Waals surface area contributed by atoms with Crippen molar-refractivity contribution in [1.82, 2.24) is 14.7 Å². The topological polar surface area (TPSA) is 53.9 Å². The van der Waals surface area contributed by atoms with Gasteiger partial charge in [-0.25, -0.2) is 13.0 Å². The minimum absolute atomic E-state index is 0.233. The fourth-order valence-electron chi connectivity index (χ4n) is 4.86. The zero-order chi connectivity index (χ0) is 24.3. The summed E-state index contributed by atoms with van der Waals surface area (Å²) in [7, 11) is -2.32. The van der Waals surface area contributed by atoms with E-state index in [4.69, 9.17) is 4.78 Å². The molecule has 9 heteroatoms. The van der Waals surface area contributed by atoms with Crippen molar-refractivity contribution in [2.75, 3.05) is 75.3 Å². The minimum atomic E-state index is -2.69. The second kappa shape index (κ2) is 10.3. The normalized spacial score (nSPS) is 22.5. The van der Waals surface area contributed by atoms with Gasteiger partial charge in [0.2, 0.25) is 5.92 Å². The van der Waals surface area contributed by atoms with Crippen molar-refractivity contribution < 1.29 is 13.0 Å². The van der Waals surface area contributed by atoms with Crippen LogP contribution in [0.25, 0.3) is 0 Å². The van der Waals surface area contributed by atoms with Crippen LogP contribution in [0.3, 0.4) is 0 Å². The van der Waals surface area contributed by atoms with Crippen LogP contribution in [-0.4, -0.2) is 95.2 Å². The molecule has 188 valence electrons. The number of nitrogens with zero attached hydrogens (tertiary/aromatic N) is 4. The molecule has 3 heterocycles. The molecule has 1 aromatic rings. The van der Waals surface area contributed by atoms with E-state index < -0.39 is 15.7 Å². The van der Waals surface area contributed by atoms with Gasteiger partial charge in [0.1, 0.15) is 0 Å². The van der Waals surface area contributed by atoms with E-state index >= 15 is 0 Å². The molecule has 0 atom stereocenters. The maximum absolute atomic E-state index is 13.3. The summed E-state index contributed by atoms with van der Waals surface area (Å²) in [6, 6.07) is 7.46. The smallest absolute Gasteiger partial charge is 0.249 e. The number of hydrogen-bond acceptors (Lipinski definition) is 6. The third-order valence-corrected chi connectivity index (χ3v) is 8.66. The average Bonchev–Trinajstić information content (AvgIpc) is 2.78. The molecule has 0 bridgehead atoms. The molecule has 3 aliphatic rings. The third kappa shape index (κ3) is 6.79. The number of benzene rings is 1. The number of halogens is 2. The summed E-state index contributed by atoms with van der Waals surface area (Å²) in [5.74, 6) is -1.67. The molecule has 1 N–H and O–H groups in total. The number of anilines is 1. The fourth-order valence-corrected chi connectivity index (χ4v) is 6.17. The average molecular weight is 494 g/mol. The Bertz CT molecular complexity index is 995. The number of hydrogen-bond donors (Lipinski definition) is 1. The largest absolute Gasteiger partial charge is 0.369 e. The van der Waals surface area contributed by atoms with Gasteiger partial charge in [-0.2, -0.15) is 0 Å². The Morgan fingerprint density at radius 1 is 0.971 bits per heavy atom. The molecule has 0 aromatic heterocycles. The van der Waals surface area contributed by atoms with E-state index in [0.717, 1.165) is 77.2 Å². The van der Waals surface area contributed by atoms with Gasteiger partial charge in [-0.3, -0.25) is 9.68 Å². The number of piperazine rings is 1. The second-order valence-electron chi connectivity index (χ2n) is 9.83. The van der Waals surface area contributed by atoms with Crippen molar-refractivity contribution in [3.05, 3.63) is 53.4 Å². The van der Waals surface area contributed by atoms with Crippen molar-refractivity contribution in [2.24, 2.45) is 0 Å². The van der Waals surface area contributed by atoms with Gasteiger partial charge in [-0.15, -0.1) is 0 Å². The van der Waals surface area contributed by atoms with Crippen LogP contribution in [0.1, 0.15) is 19.4 Å². The Balaban J connectivity index is 1.24. The molecule has 34 heavy (non-hydrogen) atoms. The SMILES string of the molecule is CC1=CC(N2CCN(CCN3CCS(=N)(=O)CC3)CC2)=CCN1c1ccc(CC(C)(F)F)cc1. The van der Waals surface area contributed by atoms with Crippen molar-refractivity contribution in [3.8, 4) is 0 Å². The highest BCUT2D eigenvalue weighted by Crippen LogP contribution is 2.27. The van der Waals surface area contributed by atoms with Crippen LogP contribution < -0.4 is 4.90 Å². The van der Waals surface area contributed by atoms with E-state index in [2.05, 4.69) is 38.7 Å². The third-order valence-electron chi connectivity index (χ3n) is 6.97. The second-order valence-corrected chi connectivity index (χ2v) is 12.3. The standard InChI is InChI=1S/C25H37F2N5OS/c1-21-19-24(7-8-32(21)23-5-3-22(4-6-23)20-25(2,26)27)31-13-11-29(12-14-31)9-10-30-15-17-34(28,33)18-16-30/h3-7,19,28H,8-18,20H2,1-2H3. The number of alkyl halides is 2. The minimum Gasteiger partial charge on any atom is -0.369 e. The molecule has 0 radical (unpaired) electrons. The highest BCUT2D eigenvalue weighted by atomic mass is 32.2. The Hall–Kier alpha value is -1.97. The summed E-state index contributed by atoms with van der Waals surface area (Å²) < 4.78 is 46.1. The maximum Gasteiger partial charge on any atom is 0.249 e. The summed E-state index contributed by atoms with van der Waals surface area (Å²) in [5, 5.41) is 0. The molecule has 1 aromatic carbocycles. The van der Waals surface area contributed by atoms with E-state index in [1.807, 2.05) is 12.1 Å². The summed E-state index contributed by atoms with van der Waals surface area (Å²) in [6.07, 6.45) is 4.24. The van der Waals surface area contributed by atoms with E-state index in [9.17, 15) is 13.0 Å². The van der Waals surface area contributed by atoms with E-state index in [1.165, 1.54) is 5.70 Å². The zero-order valence-corrected chi connectivity index (χ0v) is 21.1. The first kappa shape index (κ1) is 25.1. The van der Waals surface area contributed by atoms with Gasteiger partial charge in [-0.05, 0) is 43.7 Å². The van der Waals surface area contributed by atoms with Crippen molar-refractivity contribution in [2.45, 2.75) is 26.2 Å². The molecule has 0 spiro atoms. The predicted octanol–water partition coefficient (Wildman–Crippen LogP) is 3.47. The van der Waals surface area contributed by atoms with E-state index in [1.54, 1.807) is 12.1 Å². The van der Waals surface area contributed by atoms with E-state index in [0.29, 0.717) is 17.1 Å². The van der Waals surface area contributed by atoms with Crippen molar-refractivity contribution >= 4 is 15.4 Å². The Labute approximate surface area is 202 Å². The number of allylic oxidation sites excluding steroid dienone is 2. The lowest BCUT2D eigenvalue weighted by atomic mass is 10.1. The quantitative estimate of drug-likeness (QED) is 0.631. The van der Waals surface area contributed by atoms with Crippen LogP contribution >= 0.6 is 0 Å². The number of rotatable bonds is 7. The molecule has 4 rings (SSSR count). The lowest BCUT2D eigenvalue weighted by Crippen LogP contribution is -2.49. The lowest BCUT2D eigenvalue weighted by molar-refractivity contribution is 0.0226. The van der Waals surface area contributed by atoms with Gasteiger partial charge in [0.05, 0.1) is 0 Å². The van der Waals surface area contributed by atoms with Gasteiger partial charge in [0.25, 0.3) is 0 Å². The number of nitrogens with one attached hydrogen (secondary N) is 1. The van der Waals surface area contributed by atoms with Crippen LogP contribution in [0.5, 0.6) is 0 Å². The first-order valence-corrected chi connectivity index (χ1v) is 14.0. The highest BCUT2D eigenvalue weighted by Gasteiger charge is 2.24. The van der Waals surface area contributed by atoms with Gasteiger partial charge in [0.15, 0.2) is 0 Å². The fraction of sp³-hybridized carbons (Fsp3) is 0.600. The van der Waals surface area contributed by atoms with Crippen LogP contribution in [0.15, 0.2) is 47.8 Å². The molecule has 6 nitrogen and oxygen atoms in total. The van der Waals surface area contributed by atoms with Gasteiger partial charge < -0.3 is 14.7 Å². The summed E-state index contributed by atoms with van der Waals surface area (Å²) in [6.45, 7) is 11.5. The van der Waals surface area contributed by atoms with E-state index in [-0.39, 0.29) is 6.42 Å². The zero-order valence-electron chi connectivity index (χ0n) is 20.3. The molecule has 2 fully saturated rings. The molecular formula is C25H37F2N5OS. The van der Waals surface area contributed by atoms with Gasteiger partial charge >= 0.3 is 0 Å². The predicted molar refractivity (Wildman–Crippen MR) is 135 cm³/mol. The lowest BCUT2D eigenvalue weighted by Gasteiger charge is -2.39. The van der Waals surface area contributed by atoms with Gasteiger partial charge in [0, 0.05) is 104 Å². The molecule has 3 aliphatic heterocycles. The summed E-state index contributed by atoms with van der Waals surface area (Å²) in [4.78, 5) is 9.49. The Morgan fingerprint density at radius 2 is 1.56 bits per heavy atom. The van der Waals surface area contributed by atoms with Crippen LogP contribution in [-0.2, 0) is 16.1 Å². The molecule has 0 unspecified atom stereocenters. The molecular weight excluding hydrogens is 456 g/mol. The monoisotopic (exact) mass is 493 g/mol. The maximum atomic E-state index is 13.3. The Kier molecular flexibility index (Phi) is 7.64. The molecule has 2 saturated heterocycles. The molecule has 0 saturated carbocycles. The summed E-state index contributed by atoms with van der Waals surface area (Å²) >= 11 is 0. The molecule has 0 aliphatic carbocycles. The van der Waals surface area contributed by atoms with Crippen LogP contribution in [0.4, 0.5) is 14.5 Å². The Morgan fingerprint density at radius 3 is 2.12 bits per heavy atom. The summed E-state index contributed by atoms with van der Waals surface area (Å²) in [5.41, 5.74) is 4.10. The first-order chi connectivity index (χ1) is 16.1.